The van der Waals surface area contributed by atoms with Crippen LogP contribution in [0.25, 0.3) is 22.2 Å². The molecule has 0 aliphatic heterocycles. The summed E-state index contributed by atoms with van der Waals surface area (Å²) in [5.74, 6) is 0.488. The Balaban J connectivity index is 1.80. The van der Waals surface area contributed by atoms with Gasteiger partial charge in [0.1, 0.15) is 23.0 Å². The highest BCUT2D eigenvalue weighted by atomic mass is 19.4. The van der Waals surface area contributed by atoms with E-state index in [9.17, 15) is 22.8 Å². The number of halogens is 3. The molecule has 0 bridgehead atoms. The molecule has 3 aromatic heterocycles. The Kier molecular flexibility index (Phi) is 6.10. The Morgan fingerprint density at radius 3 is 2.49 bits per heavy atom. The van der Waals surface area contributed by atoms with Crippen molar-refractivity contribution in [3.8, 4) is 16.9 Å². The van der Waals surface area contributed by atoms with Crippen molar-refractivity contribution in [3.63, 3.8) is 0 Å². The first kappa shape index (κ1) is 24.0. The van der Waals surface area contributed by atoms with Gasteiger partial charge in [0.25, 0.3) is 5.56 Å². The highest BCUT2D eigenvalue weighted by Crippen LogP contribution is 2.29. The molecule has 0 spiro atoms. The fourth-order valence-corrected chi connectivity index (χ4v) is 3.78. The zero-order valence-corrected chi connectivity index (χ0v) is 19.3. The van der Waals surface area contributed by atoms with Crippen LogP contribution < -0.4 is 21.2 Å². The Hall–Kier alpha value is -4.15. The summed E-state index contributed by atoms with van der Waals surface area (Å²) in [7, 11) is 3.18. The predicted octanol–water partition coefficient (Wildman–Crippen LogP) is 4.07. The smallest absolute Gasteiger partial charge is 0.406 e. The van der Waals surface area contributed by atoms with Crippen LogP contribution in [0.3, 0.4) is 0 Å². The minimum atomic E-state index is -4.79. The van der Waals surface area contributed by atoms with E-state index in [1.165, 1.54) is 33.4 Å². The van der Waals surface area contributed by atoms with Gasteiger partial charge < -0.3 is 14.6 Å². The lowest BCUT2D eigenvalue weighted by Crippen LogP contribution is -2.22. The molecule has 4 aromatic rings. The topological polar surface area (TPSA) is 91.0 Å². The van der Waals surface area contributed by atoms with Crippen LogP contribution in [0.4, 0.5) is 19.0 Å². The number of rotatable bonds is 5. The molecule has 1 atom stereocenters. The summed E-state index contributed by atoms with van der Waals surface area (Å²) in [6.07, 6.45) is -3.22. The Morgan fingerprint density at radius 1 is 1.06 bits per heavy atom. The first-order valence-corrected chi connectivity index (χ1v) is 10.6. The lowest BCUT2D eigenvalue weighted by Gasteiger charge is -2.19. The number of hydrogen-bond donors (Lipinski definition) is 1. The number of fused-ring (bicyclic) bond motifs is 1. The molecule has 0 aliphatic carbocycles. The molecule has 0 unspecified atom stereocenters. The number of pyridine rings is 2. The van der Waals surface area contributed by atoms with Crippen molar-refractivity contribution >= 4 is 16.9 Å². The zero-order chi connectivity index (χ0) is 25.5. The molecule has 0 amide bonds. The fraction of sp³-hybridized carbons (Fsp3) is 0.250. The van der Waals surface area contributed by atoms with E-state index in [4.69, 9.17) is 0 Å². The first-order chi connectivity index (χ1) is 16.4. The third kappa shape index (κ3) is 5.03. The SMILES string of the molecule is Cc1nc(N[C@H](C)c2cccc(OC(F)(F)F)c2)c2cc(-c3ccc(=O)n(C)c3)c(=O)n(C)c2n1. The molecule has 0 saturated carbocycles. The molecule has 0 radical (unpaired) electrons. The highest BCUT2D eigenvalue weighted by Gasteiger charge is 2.31. The normalized spacial score (nSPS) is 12.5. The first-order valence-electron chi connectivity index (χ1n) is 10.6. The van der Waals surface area contributed by atoms with E-state index in [1.807, 2.05) is 0 Å². The van der Waals surface area contributed by atoms with E-state index in [2.05, 4.69) is 20.0 Å². The molecular formula is C24H22F3N5O3. The summed E-state index contributed by atoms with van der Waals surface area (Å²) in [5.41, 5.74) is 1.31. The molecule has 0 fully saturated rings. The van der Waals surface area contributed by atoms with Crippen molar-refractivity contribution in [2.75, 3.05) is 5.32 Å². The molecule has 4 rings (SSSR count). The van der Waals surface area contributed by atoms with E-state index in [1.54, 1.807) is 52.3 Å². The predicted molar refractivity (Wildman–Crippen MR) is 125 cm³/mol. The summed E-state index contributed by atoms with van der Waals surface area (Å²) in [5, 5.41) is 3.76. The molecular weight excluding hydrogens is 463 g/mol. The van der Waals surface area contributed by atoms with Gasteiger partial charge in [-0.3, -0.25) is 14.2 Å². The minimum Gasteiger partial charge on any atom is -0.406 e. The quantitative estimate of drug-likeness (QED) is 0.458. The second-order valence-corrected chi connectivity index (χ2v) is 8.13. The van der Waals surface area contributed by atoms with Crippen LogP contribution in [0.5, 0.6) is 5.75 Å². The van der Waals surface area contributed by atoms with Crippen LogP contribution in [-0.4, -0.2) is 25.5 Å². The van der Waals surface area contributed by atoms with Crippen molar-refractivity contribution in [3.05, 3.63) is 80.8 Å². The molecule has 1 aromatic carbocycles. The van der Waals surface area contributed by atoms with Gasteiger partial charge >= 0.3 is 6.36 Å². The number of aryl methyl sites for hydroxylation is 3. The van der Waals surface area contributed by atoms with Crippen LogP contribution in [0, 0.1) is 6.92 Å². The number of nitrogens with zero attached hydrogens (tertiary/aromatic N) is 4. The Morgan fingerprint density at radius 2 is 1.80 bits per heavy atom. The van der Waals surface area contributed by atoms with Crippen LogP contribution in [0.15, 0.2) is 58.3 Å². The molecule has 35 heavy (non-hydrogen) atoms. The number of alkyl halides is 3. The number of benzene rings is 1. The number of anilines is 1. The van der Waals surface area contributed by atoms with Gasteiger partial charge in [-0.25, -0.2) is 9.97 Å². The average Bonchev–Trinajstić information content (AvgIpc) is 2.77. The van der Waals surface area contributed by atoms with Crippen molar-refractivity contribution < 1.29 is 17.9 Å². The second-order valence-electron chi connectivity index (χ2n) is 8.13. The molecule has 3 heterocycles. The van der Waals surface area contributed by atoms with Gasteiger partial charge in [-0.1, -0.05) is 12.1 Å². The number of hydrogen-bond acceptors (Lipinski definition) is 6. The van der Waals surface area contributed by atoms with Gasteiger partial charge in [-0.05, 0) is 43.7 Å². The summed E-state index contributed by atoms with van der Waals surface area (Å²) < 4.78 is 44.7. The van der Waals surface area contributed by atoms with Gasteiger partial charge in [-0.2, -0.15) is 0 Å². The molecule has 0 aliphatic rings. The van der Waals surface area contributed by atoms with Crippen molar-refractivity contribution in [1.82, 2.24) is 19.1 Å². The number of nitrogens with one attached hydrogen (secondary N) is 1. The molecule has 1 N–H and O–H groups in total. The van der Waals surface area contributed by atoms with E-state index < -0.39 is 12.4 Å². The largest absolute Gasteiger partial charge is 0.573 e. The summed E-state index contributed by atoms with van der Waals surface area (Å²) in [6.45, 7) is 3.45. The van der Waals surface area contributed by atoms with Gasteiger partial charge in [0, 0.05) is 37.5 Å². The van der Waals surface area contributed by atoms with Crippen LogP contribution >= 0.6 is 0 Å². The monoisotopic (exact) mass is 485 g/mol. The van der Waals surface area contributed by atoms with E-state index >= 15 is 0 Å². The van der Waals surface area contributed by atoms with Crippen molar-refractivity contribution in [1.29, 1.82) is 0 Å². The van der Waals surface area contributed by atoms with Crippen molar-refractivity contribution in [2.45, 2.75) is 26.3 Å². The highest BCUT2D eigenvalue weighted by molar-refractivity contribution is 5.90. The van der Waals surface area contributed by atoms with Gasteiger partial charge in [-0.15, -0.1) is 13.2 Å². The molecule has 0 saturated heterocycles. The molecule has 182 valence electrons. The lowest BCUT2D eigenvalue weighted by molar-refractivity contribution is -0.274. The number of aromatic nitrogens is 4. The lowest BCUT2D eigenvalue weighted by atomic mass is 10.1. The van der Waals surface area contributed by atoms with Gasteiger partial charge in [0.15, 0.2) is 0 Å². The summed E-state index contributed by atoms with van der Waals surface area (Å²) in [6, 6.07) is 9.81. The maximum atomic E-state index is 13.1. The third-order valence-corrected chi connectivity index (χ3v) is 5.52. The fourth-order valence-electron chi connectivity index (χ4n) is 3.78. The van der Waals surface area contributed by atoms with Gasteiger partial charge in [0.05, 0.1) is 11.4 Å². The van der Waals surface area contributed by atoms with Crippen molar-refractivity contribution in [2.24, 2.45) is 14.1 Å². The minimum absolute atomic E-state index is 0.210. The number of ether oxygens (including phenoxy) is 1. The Labute approximate surface area is 197 Å². The second kappa shape index (κ2) is 8.90. The average molecular weight is 485 g/mol. The molecule has 11 heteroatoms. The van der Waals surface area contributed by atoms with Crippen LogP contribution in [0.1, 0.15) is 24.4 Å². The Bertz CT molecular complexity index is 1540. The maximum absolute atomic E-state index is 13.1. The van der Waals surface area contributed by atoms with Gasteiger partial charge in [0.2, 0.25) is 5.56 Å². The standard InChI is InChI=1S/C24H22F3N5O3/c1-13(15-6-5-7-17(10-15)35-24(25,26)27)28-21-19-11-18(16-8-9-20(33)31(3)12-16)23(34)32(4)22(19)30-14(2)29-21/h5-13H,1-4H3,(H,28,29,30)/t13-/m1/s1. The third-order valence-electron chi connectivity index (χ3n) is 5.52. The van der Waals surface area contributed by atoms with Crippen LogP contribution in [0.2, 0.25) is 0 Å². The van der Waals surface area contributed by atoms with E-state index in [0.29, 0.717) is 39.4 Å². The zero-order valence-electron chi connectivity index (χ0n) is 19.3. The summed E-state index contributed by atoms with van der Waals surface area (Å²) in [4.78, 5) is 33.8. The summed E-state index contributed by atoms with van der Waals surface area (Å²) >= 11 is 0. The van der Waals surface area contributed by atoms with Crippen LogP contribution in [-0.2, 0) is 14.1 Å². The van der Waals surface area contributed by atoms with E-state index in [0.717, 1.165) is 0 Å². The molecule has 8 nitrogen and oxygen atoms in total. The maximum Gasteiger partial charge on any atom is 0.573 e. The van der Waals surface area contributed by atoms with E-state index in [-0.39, 0.29) is 16.9 Å².